The Morgan fingerprint density at radius 1 is 1.32 bits per heavy atom. The zero-order valence-electron chi connectivity index (χ0n) is 12.5. The van der Waals surface area contributed by atoms with Crippen molar-refractivity contribution in [1.82, 2.24) is 20.1 Å². The molecule has 2 N–H and O–H groups in total. The topological polar surface area (TPSA) is 54.8 Å². The number of anilines is 1. The molecular formula is C14H27N5. The zero-order chi connectivity index (χ0) is 13.7. The molecule has 2 heterocycles. The van der Waals surface area contributed by atoms with Gasteiger partial charge in [-0.1, -0.05) is 13.3 Å². The second-order valence-electron chi connectivity index (χ2n) is 5.43. The van der Waals surface area contributed by atoms with Gasteiger partial charge in [0.25, 0.3) is 0 Å². The van der Waals surface area contributed by atoms with E-state index in [0.717, 1.165) is 32.1 Å². The van der Waals surface area contributed by atoms with Gasteiger partial charge < -0.3 is 10.6 Å². The van der Waals surface area contributed by atoms with E-state index < -0.39 is 0 Å². The van der Waals surface area contributed by atoms with Crippen LogP contribution in [-0.4, -0.2) is 34.4 Å². The molecule has 0 spiro atoms. The van der Waals surface area contributed by atoms with Gasteiger partial charge in [-0.05, 0) is 39.7 Å². The van der Waals surface area contributed by atoms with Crippen molar-refractivity contribution in [2.75, 3.05) is 25.0 Å². The Morgan fingerprint density at radius 2 is 2.16 bits per heavy atom. The molecule has 1 unspecified atom stereocenters. The quantitative estimate of drug-likeness (QED) is 0.827. The van der Waals surface area contributed by atoms with Crippen molar-refractivity contribution in [3.63, 3.8) is 0 Å². The van der Waals surface area contributed by atoms with Crippen LogP contribution in [0.5, 0.6) is 0 Å². The Morgan fingerprint density at radius 3 is 2.74 bits per heavy atom. The molecule has 5 heteroatoms. The van der Waals surface area contributed by atoms with Gasteiger partial charge in [-0.15, -0.1) is 10.2 Å². The molecule has 1 aliphatic rings. The van der Waals surface area contributed by atoms with E-state index in [1.807, 2.05) is 0 Å². The van der Waals surface area contributed by atoms with Gasteiger partial charge in [-0.3, -0.25) is 4.57 Å². The maximum Gasteiger partial charge on any atom is 0.224 e. The number of piperidine rings is 1. The van der Waals surface area contributed by atoms with Gasteiger partial charge in [0.1, 0.15) is 5.82 Å². The van der Waals surface area contributed by atoms with E-state index in [9.17, 15) is 0 Å². The van der Waals surface area contributed by atoms with Gasteiger partial charge in [0.15, 0.2) is 0 Å². The van der Waals surface area contributed by atoms with E-state index in [4.69, 9.17) is 0 Å². The molecule has 2 rings (SSSR count). The first-order chi connectivity index (χ1) is 9.27. The third-order valence-corrected chi connectivity index (χ3v) is 4.08. The fourth-order valence-corrected chi connectivity index (χ4v) is 3.25. The van der Waals surface area contributed by atoms with E-state index >= 15 is 0 Å². The molecular weight excluding hydrogens is 238 g/mol. The summed E-state index contributed by atoms with van der Waals surface area (Å²) in [6.07, 6.45) is 4.82. The molecule has 1 aliphatic heterocycles. The minimum atomic E-state index is 0.170. The van der Waals surface area contributed by atoms with E-state index in [1.54, 1.807) is 0 Å². The molecule has 0 amide bonds. The number of rotatable bonds is 6. The second kappa shape index (κ2) is 6.37. The monoisotopic (exact) mass is 265 g/mol. The van der Waals surface area contributed by atoms with Crippen LogP contribution in [0.2, 0.25) is 0 Å². The molecule has 108 valence electrons. The Balaban J connectivity index is 2.35. The summed E-state index contributed by atoms with van der Waals surface area (Å²) in [7, 11) is 0. The minimum Gasteiger partial charge on any atom is -0.355 e. The summed E-state index contributed by atoms with van der Waals surface area (Å²) in [6, 6.07) is 0. The molecule has 19 heavy (non-hydrogen) atoms. The van der Waals surface area contributed by atoms with Crippen LogP contribution in [0.3, 0.4) is 0 Å². The predicted octanol–water partition coefficient (Wildman–Crippen LogP) is 2.15. The molecule has 0 radical (unpaired) electrons. The minimum absolute atomic E-state index is 0.170. The SMILES string of the molecule is CCCC1(c2nnc(NCC)n2CC)CCCNC1. The predicted molar refractivity (Wildman–Crippen MR) is 78.5 cm³/mol. The molecule has 1 aromatic heterocycles. The number of aromatic nitrogens is 3. The van der Waals surface area contributed by atoms with E-state index in [1.165, 1.54) is 31.5 Å². The van der Waals surface area contributed by atoms with Crippen molar-refractivity contribution in [2.45, 2.75) is 58.4 Å². The van der Waals surface area contributed by atoms with Gasteiger partial charge in [0.2, 0.25) is 5.95 Å². The highest BCUT2D eigenvalue weighted by Gasteiger charge is 2.38. The highest BCUT2D eigenvalue weighted by Crippen LogP contribution is 2.35. The standard InChI is InChI=1S/C14H27N5/c1-4-8-14(9-7-10-15-11-14)12-17-18-13(16-5-2)19(12)6-3/h15H,4-11H2,1-3H3,(H,16,18). The van der Waals surface area contributed by atoms with Crippen molar-refractivity contribution in [1.29, 1.82) is 0 Å². The third-order valence-electron chi connectivity index (χ3n) is 4.08. The molecule has 0 saturated carbocycles. The first-order valence-electron chi connectivity index (χ1n) is 7.65. The van der Waals surface area contributed by atoms with Crippen LogP contribution in [0.4, 0.5) is 5.95 Å². The first-order valence-corrected chi connectivity index (χ1v) is 7.65. The van der Waals surface area contributed by atoms with E-state index in [0.29, 0.717) is 0 Å². The Labute approximate surface area is 116 Å². The summed E-state index contributed by atoms with van der Waals surface area (Å²) in [5.41, 5.74) is 0.170. The molecule has 0 aromatic carbocycles. The van der Waals surface area contributed by atoms with E-state index in [-0.39, 0.29) is 5.41 Å². The van der Waals surface area contributed by atoms with Crippen LogP contribution in [0.25, 0.3) is 0 Å². The Hall–Kier alpha value is -1.10. The fourth-order valence-electron chi connectivity index (χ4n) is 3.25. The summed E-state index contributed by atoms with van der Waals surface area (Å²) in [6.45, 7) is 10.5. The lowest BCUT2D eigenvalue weighted by Crippen LogP contribution is -2.45. The van der Waals surface area contributed by atoms with Crippen molar-refractivity contribution in [2.24, 2.45) is 0 Å². The molecule has 1 saturated heterocycles. The Bertz CT molecular complexity index is 387. The highest BCUT2D eigenvalue weighted by atomic mass is 15.4. The maximum absolute atomic E-state index is 4.53. The molecule has 1 fully saturated rings. The zero-order valence-corrected chi connectivity index (χ0v) is 12.5. The fraction of sp³-hybridized carbons (Fsp3) is 0.857. The number of hydrogen-bond donors (Lipinski definition) is 2. The van der Waals surface area contributed by atoms with Gasteiger partial charge >= 0.3 is 0 Å². The van der Waals surface area contributed by atoms with Crippen LogP contribution in [0.1, 0.15) is 52.3 Å². The number of nitrogens with one attached hydrogen (secondary N) is 2. The lowest BCUT2D eigenvalue weighted by molar-refractivity contribution is 0.267. The van der Waals surface area contributed by atoms with Crippen LogP contribution in [0.15, 0.2) is 0 Å². The molecule has 5 nitrogen and oxygen atoms in total. The molecule has 0 bridgehead atoms. The average molecular weight is 265 g/mol. The van der Waals surface area contributed by atoms with Crippen LogP contribution < -0.4 is 10.6 Å². The molecule has 1 aromatic rings. The number of hydrogen-bond acceptors (Lipinski definition) is 4. The lowest BCUT2D eigenvalue weighted by Gasteiger charge is -2.37. The van der Waals surface area contributed by atoms with Gasteiger partial charge in [-0.2, -0.15) is 0 Å². The largest absolute Gasteiger partial charge is 0.355 e. The van der Waals surface area contributed by atoms with Crippen LogP contribution in [-0.2, 0) is 12.0 Å². The van der Waals surface area contributed by atoms with Gasteiger partial charge in [0, 0.05) is 25.0 Å². The summed E-state index contributed by atoms with van der Waals surface area (Å²) in [5.74, 6) is 2.08. The lowest BCUT2D eigenvalue weighted by atomic mass is 9.76. The first kappa shape index (κ1) is 14.3. The highest BCUT2D eigenvalue weighted by molar-refractivity contribution is 5.29. The van der Waals surface area contributed by atoms with Crippen molar-refractivity contribution in [3.8, 4) is 0 Å². The summed E-state index contributed by atoms with van der Waals surface area (Å²) in [5, 5.41) is 15.7. The Kier molecular flexibility index (Phi) is 4.80. The van der Waals surface area contributed by atoms with Crippen molar-refractivity contribution in [3.05, 3.63) is 5.82 Å². The summed E-state index contributed by atoms with van der Waals surface area (Å²) >= 11 is 0. The smallest absolute Gasteiger partial charge is 0.224 e. The third kappa shape index (κ3) is 2.76. The van der Waals surface area contributed by atoms with Gasteiger partial charge in [0.05, 0.1) is 0 Å². The van der Waals surface area contributed by atoms with Crippen LogP contribution in [0, 0.1) is 0 Å². The van der Waals surface area contributed by atoms with E-state index in [2.05, 4.69) is 46.2 Å². The maximum atomic E-state index is 4.53. The van der Waals surface area contributed by atoms with Crippen molar-refractivity contribution >= 4 is 5.95 Å². The normalized spacial score (nSPS) is 23.5. The number of nitrogens with zero attached hydrogens (tertiary/aromatic N) is 3. The summed E-state index contributed by atoms with van der Waals surface area (Å²) < 4.78 is 2.26. The molecule has 1 atom stereocenters. The van der Waals surface area contributed by atoms with Crippen molar-refractivity contribution < 1.29 is 0 Å². The second-order valence-corrected chi connectivity index (χ2v) is 5.43. The van der Waals surface area contributed by atoms with Crippen LogP contribution >= 0.6 is 0 Å². The van der Waals surface area contributed by atoms with Gasteiger partial charge in [-0.25, -0.2) is 0 Å². The summed E-state index contributed by atoms with van der Waals surface area (Å²) in [4.78, 5) is 0. The molecule has 0 aliphatic carbocycles. The average Bonchev–Trinajstić information content (AvgIpc) is 2.84.